The average molecular weight is 241 g/mol. The van der Waals surface area contributed by atoms with Crippen molar-refractivity contribution in [1.82, 2.24) is 5.32 Å². The number of hydrogen-bond donors (Lipinski definition) is 1. The Morgan fingerprint density at radius 2 is 1.76 bits per heavy atom. The van der Waals surface area contributed by atoms with Crippen molar-refractivity contribution >= 4 is 0 Å². The van der Waals surface area contributed by atoms with E-state index in [1.165, 1.54) is 12.1 Å². The molecule has 17 heavy (non-hydrogen) atoms. The van der Waals surface area contributed by atoms with Crippen LogP contribution in [-0.2, 0) is 0 Å². The molecule has 0 fully saturated rings. The van der Waals surface area contributed by atoms with Crippen LogP contribution in [0.15, 0.2) is 18.2 Å². The molecular formula is C14H21F2N. The van der Waals surface area contributed by atoms with Crippen LogP contribution in [0.5, 0.6) is 0 Å². The smallest absolute Gasteiger partial charge is 0.130 e. The molecule has 0 radical (unpaired) electrons. The molecule has 0 aliphatic carbocycles. The van der Waals surface area contributed by atoms with Gasteiger partial charge in [0, 0.05) is 23.7 Å². The molecule has 0 saturated carbocycles. The van der Waals surface area contributed by atoms with Gasteiger partial charge in [-0.05, 0) is 32.3 Å². The van der Waals surface area contributed by atoms with Crippen LogP contribution in [0.1, 0.15) is 45.7 Å². The van der Waals surface area contributed by atoms with Crippen LogP contribution < -0.4 is 5.32 Å². The van der Waals surface area contributed by atoms with Crippen LogP contribution in [0, 0.1) is 17.6 Å². The molecule has 0 saturated heterocycles. The zero-order valence-corrected chi connectivity index (χ0v) is 10.9. The van der Waals surface area contributed by atoms with Crippen molar-refractivity contribution in [1.29, 1.82) is 0 Å². The van der Waals surface area contributed by atoms with Gasteiger partial charge in [-0.25, -0.2) is 8.78 Å². The van der Waals surface area contributed by atoms with E-state index >= 15 is 0 Å². The fourth-order valence-corrected chi connectivity index (χ4v) is 2.14. The molecule has 0 aromatic heterocycles. The van der Waals surface area contributed by atoms with Crippen molar-refractivity contribution in [3.63, 3.8) is 0 Å². The summed E-state index contributed by atoms with van der Waals surface area (Å²) in [5.41, 5.74) is 0.516. The number of benzene rings is 1. The largest absolute Gasteiger partial charge is 0.308 e. The van der Waals surface area contributed by atoms with Crippen LogP contribution in [0.3, 0.4) is 0 Å². The van der Waals surface area contributed by atoms with Gasteiger partial charge in [0.05, 0.1) is 0 Å². The van der Waals surface area contributed by atoms with Gasteiger partial charge in [0.15, 0.2) is 0 Å². The second kappa shape index (κ2) is 6.10. The summed E-state index contributed by atoms with van der Waals surface area (Å²) >= 11 is 0. The van der Waals surface area contributed by atoms with Gasteiger partial charge < -0.3 is 5.32 Å². The maximum absolute atomic E-state index is 13.5. The van der Waals surface area contributed by atoms with Crippen molar-refractivity contribution < 1.29 is 8.78 Å². The number of rotatable bonds is 5. The lowest BCUT2D eigenvalue weighted by Crippen LogP contribution is -2.30. The molecule has 0 aliphatic rings. The van der Waals surface area contributed by atoms with Gasteiger partial charge >= 0.3 is 0 Å². The van der Waals surface area contributed by atoms with Gasteiger partial charge in [0.25, 0.3) is 0 Å². The van der Waals surface area contributed by atoms with E-state index in [4.69, 9.17) is 0 Å². The Balaban J connectivity index is 2.66. The van der Waals surface area contributed by atoms with E-state index in [-0.39, 0.29) is 6.04 Å². The molecule has 1 aromatic rings. The first-order valence-corrected chi connectivity index (χ1v) is 6.11. The fraction of sp³-hybridized carbons (Fsp3) is 0.571. The summed E-state index contributed by atoms with van der Waals surface area (Å²) in [4.78, 5) is 0. The molecule has 0 amide bonds. The SMILES string of the molecule is CC(C)CC(C)NC(C)c1ccc(F)cc1F. The summed E-state index contributed by atoms with van der Waals surface area (Å²) in [7, 11) is 0. The van der Waals surface area contributed by atoms with Crippen molar-refractivity contribution in [3.8, 4) is 0 Å². The summed E-state index contributed by atoms with van der Waals surface area (Å²) in [6, 6.07) is 3.94. The highest BCUT2D eigenvalue weighted by atomic mass is 19.1. The predicted octanol–water partition coefficient (Wildman–Crippen LogP) is 4.05. The molecule has 1 rings (SSSR count). The Kier molecular flexibility index (Phi) is 5.06. The highest BCUT2D eigenvalue weighted by molar-refractivity contribution is 5.21. The first-order chi connectivity index (χ1) is 7.90. The van der Waals surface area contributed by atoms with Gasteiger partial charge in [-0.3, -0.25) is 0 Å². The summed E-state index contributed by atoms with van der Waals surface area (Å²) in [6.45, 7) is 8.29. The lowest BCUT2D eigenvalue weighted by Gasteiger charge is -2.22. The van der Waals surface area contributed by atoms with Crippen LogP contribution in [-0.4, -0.2) is 6.04 Å². The van der Waals surface area contributed by atoms with Crippen molar-refractivity contribution in [3.05, 3.63) is 35.4 Å². The molecule has 1 aromatic carbocycles. The number of halogens is 2. The summed E-state index contributed by atoms with van der Waals surface area (Å²) in [5.74, 6) is -0.418. The zero-order valence-electron chi connectivity index (χ0n) is 10.9. The van der Waals surface area contributed by atoms with E-state index in [0.717, 1.165) is 12.5 Å². The summed E-state index contributed by atoms with van der Waals surface area (Å²) in [5, 5.41) is 3.33. The van der Waals surface area contributed by atoms with Gasteiger partial charge in [-0.15, -0.1) is 0 Å². The molecule has 2 unspecified atom stereocenters. The van der Waals surface area contributed by atoms with E-state index in [1.807, 2.05) is 6.92 Å². The Labute approximate surface area is 102 Å². The second-order valence-corrected chi connectivity index (χ2v) is 5.08. The van der Waals surface area contributed by atoms with Crippen LogP contribution in [0.25, 0.3) is 0 Å². The highest BCUT2D eigenvalue weighted by Crippen LogP contribution is 2.19. The maximum atomic E-state index is 13.5. The average Bonchev–Trinajstić information content (AvgIpc) is 2.15. The normalized spacial score (nSPS) is 15.0. The van der Waals surface area contributed by atoms with E-state index in [0.29, 0.717) is 17.5 Å². The topological polar surface area (TPSA) is 12.0 Å². The first-order valence-electron chi connectivity index (χ1n) is 6.11. The number of nitrogens with one attached hydrogen (secondary N) is 1. The molecule has 1 N–H and O–H groups in total. The lowest BCUT2D eigenvalue weighted by molar-refractivity contribution is 0.399. The Morgan fingerprint density at radius 3 is 2.29 bits per heavy atom. The number of hydrogen-bond acceptors (Lipinski definition) is 1. The third-order valence-electron chi connectivity index (χ3n) is 2.79. The molecular weight excluding hydrogens is 220 g/mol. The van der Waals surface area contributed by atoms with Gasteiger partial charge in [-0.1, -0.05) is 19.9 Å². The zero-order chi connectivity index (χ0) is 13.0. The second-order valence-electron chi connectivity index (χ2n) is 5.08. The minimum Gasteiger partial charge on any atom is -0.308 e. The van der Waals surface area contributed by atoms with Gasteiger partial charge in [0.2, 0.25) is 0 Å². The van der Waals surface area contributed by atoms with E-state index < -0.39 is 11.6 Å². The van der Waals surface area contributed by atoms with Crippen LogP contribution >= 0.6 is 0 Å². The molecule has 1 nitrogen and oxygen atoms in total. The molecule has 0 spiro atoms. The Morgan fingerprint density at radius 1 is 1.12 bits per heavy atom. The van der Waals surface area contributed by atoms with Gasteiger partial charge in [-0.2, -0.15) is 0 Å². The Bertz CT molecular complexity index is 363. The van der Waals surface area contributed by atoms with Crippen molar-refractivity contribution in [2.24, 2.45) is 5.92 Å². The maximum Gasteiger partial charge on any atom is 0.130 e. The summed E-state index contributed by atoms with van der Waals surface area (Å²) in [6.07, 6.45) is 1.03. The molecule has 0 aliphatic heterocycles. The van der Waals surface area contributed by atoms with Crippen LogP contribution in [0.4, 0.5) is 8.78 Å². The van der Waals surface area contributed by atoms with Crippen LogP contribution in [0.2, 0.25) is 0 Å². The molecule has 0 bridgehead atoms. The first kappa shape index (κ1) is 14.1. The standard InChI is InChI=1S/C14H21F2N/c1-9(2)7-10(3)17-11(4)13-6-5-12(15)8-14(13)16/h5-6,8-11,17H,7H2,1-4H3. The predicted molar refractivity (Wildman–Crippen MR) is 66.8 cm³/mol. The highest BCUT2D eigenvalue weighted by Gasteiger charge is 2.14. The monoisotopic (exact) mass is 241 g/mol. The minimum atomic E-state index is -0.534. The van der Waals surface area contributed by atoms with Crippen molar-refractivity contribution in [2.45, 2.75) is 46.2 Å². The van der Waals surface area contributed by atoms with E-state index in [9.17, 15) is 8.78 Å². The molecule has 96 valence electrons. The summed E-state index contributed by atoms with van der Waals surface area (Å²) < 4.78 is 26.3. The van der Waals surface area contributed by atoms with Gasteiger partial charge in [0.1, 0.15) is 11.6 Å². The van der Waals surface area contributed by atoms with Crippen molar-refractivity contribution in [2.75, 3.05) is 0 Å². The third kappa shape index (κ3) is 4.43. The minimum absolute atomic E-state index is 0.107. The fourth-order valence-electron chi connectivity index (χ4n) is 2.14. The Hall–Kier alpha value is -0.960. The van der Waals surface area contributed by atoms with E-state index in [1.54, 1.807) is 0 Å². The molecule has 0 heterocycles. The third-order valence-corrected chi connectivity index (χ3v) is 2.79. The van der Waals surface area contributed by atoms with E-state index in [2.05, 4.69) is 26.1 Å². The molecule has 2 atom stereocenters. The molecule has 3 heteroatoms. The quantitative estimate of drug-likeness (QED) is 0.820. The lowest BCUT2D eigenvalue weighted by atomic mass is 10.0.